The smallest absolute Gasteiger partial charge is 0.255 e. The number of nitrogens with one attached hydrogen (secondary N) is 2. The first-order valence-corrected chi connectivity index (χ1v) is 11.0. The molecule has 0 spiro atoms. The molecule has 0 aliphatic carbocycles. The Hall–Kier alpha value is -2.78. The summed E-state index contributed by atoms with van der Waals surface area (Å²) in [4.78, 5) is 24.8. The Balaban J connectivity index is 1.64. The summed E-state index contributed by atoms with van der Waals surface area (Å²) in [5, 5.41) is 2.46. The van der Waals surface area contributed by atoms with Crippen molar-refractivity contribution in [2.45, 2.75) is 36.5 Å². The number of hydrogen-bond acceptors (Lipinski definition) is 6. The first-order chi connectivity index (χ1) is 13.9. The van der Waals surface area contributed by atoms with Gasteiger partial charge in [-0.1, -0.05) is 12.1 Å². The van der Waals surface area contributed by atoms with Gasteiger partial charge in [0.2, 0.25) is 0 Å². The number of rotatable bonds is 5. The van der Waals surface area contributed by atoms with Crippen molar-refractivity contribution in [1.29, 1.82) is 0 Å². The minimum absolute atomic E-state index is 0.000887. The van der Waals surface area contributed by atoms with E-state index < -0.39 is 15.1 Å². The summed E-state index contributed by atoms with van der Waals surface area (Å²) in [6, 6.07) is 6.54. The second-order valence-corrected chi connectivity index (χ2v) is 9.81. The summed E-state index contributed by atoms with van der Waals surface area (Å²) in [7, 11) is -3.34. The van der Waals surface area contributed by atoms with Gasteiger partial charge in [0.1, 0.15) is 5.52 Å². The van der Waals surface area contributed by atoms with Crippen LogP contribution in [0.2, 0.25) is 0 Å². The van der Waals surface area contributed by atoms with Gasteiger partial charge < -0.3 is 15.0 Å². The lowest BCUT2D eigenvalue weighted by Crippen LogP contribution is -2.34. The van der Waals surface area contributed by atoms with Crippen LogP contribution in [-0.4, -0.2) is 53.8 Å². The van der Waals surface area contributed by atoms with E-state index in [4.69, 9.17) is 4.74 Å². The predicted molar refractivity (Wildman–Crippen MR) is 108 cm³/mol. The molecule has 152 valence electrons. The van der Waals surface area contributed by atoms with Crippen LogP contribution in [-0.2, 0) is 14.6 Å². The van der Waals surface area contributed by atoms with E-state index in [1.165, 1.54) is 0 Å². The maximum absolute atomic E-state index is 12.6. The van der Waals surface area contributed by atoms with Crippen LogP contribution in [0.3, 0.4) is 0 Å². The van der Waals surface area contributed by atoms with Gasteiger partial charge in [-0.3, -0.25) is 4.79 Å². The third-order valence-electron chi connectivity index (χ3n) is 4.99. The van der Waals surface area contributed by atoms with Crippen LogP contribution in [0.15, 0.2) is 41.6 Å². The Morgan fingerprint density at radius 3 is 2.69 bits per heavy atom. The first-order valence-electron chi connectivity index (χ1n) is 9.43. The highest BCUT2D eigenvalue weighted by atomic mass is 32.2. The SMILES string of the molecule is CC(C)S(=O)(=O)c1ccc(-c2cnc3[nH]cc(C(=O)NC4CCOC4)c3n2)cc1. The molecule has 0 bridgehead atoms. The fourth-order valence-corrected chi connectivity index (χ4v) is 4.26. The van der Waals surface area contributed by atoms with E-state index >= 15 is 0 Å². The molecular formula is C20H22N4O4S. The van der Waals surface area contributed by atoms with E-state index in [-0.39, 0.29) is 16.8 Å². The van der Waals surface area contributed by atoms with Crippen LogP contribution in [0.1, 0.15) is 30.6 Å². The van der Waals surface area contributed by atoms with Crippen molar-refractivity contribution in [2.75, 3.05) is 13.2 Å². The topological polar surface area (TPSA) is 114 Å². The van der Waals surface area contributed by atoms with E-state index in [0.717, 1.165) is 12.0 Å². The third kappa shape index (κ3) is 3.75. The number of fused-ring (bicyclic) bond motifs is 1. The zero-order chi connectivity index (χ0) is 20.6. The van der Waals surface area contributed by atoms with Gasteiger partial charge in [0.05, 0.1) is 40.2 Å². The number of sulfone groups is 1. The van der Waals surface area contributed by atoms with Gasteiger partial charge in [-0.2, -0.15) is 0 Å². The summed E-state index contributed by atoms with van der Waals surface area (Å²) in [6.07, 6.45) is 3.98. The van der Waals surface area contributed by atoms with E-state index in [0.29, 0.717) is 35.6 Å². The van der Waals surface area contributed by atoms with Crippen molar-refractivity contribution >= 4 is 26.9 Å². The van der Waals surface area contributed by atoms with Crippen LogP contribution in [0.4, 0.5) is 0 Å². The van der Waals surface area contributed by atoms with Crippen molar-refractivity contribution in [3.8, 4) is 11.3 Å². The van der Waals surface area contributed by atoms with Crippen LogP contribution >= 0.6 is 0 Å². The van der Waals surface area contributed by atoms with Crippen LogP contribution in [0, 0.1) is 0 Å². The molecule has 2 aromatic heterocycles. The Kier molecular flexibility index (Phi) is 5.10. The van der Waals surface area contributed by atoms with Gasteiger partial charge in [0.15, 0.2) is 15.5 Å². The third-order valence-corrected chi connectivity index (χ3v) is 7.16. The number of nitrogens with zero attached hydrogens (tertiary/aromatic N) is 2. The molecule has 1 fully saturated rings. The average Bonchev–Trinajstić information content (AvgIpc) is 3.37. The van der Waals surface area contributed by atoms with Crippen LogP contribution < -0.4 is 5.32 Å². The molecule has 1 amide bonds. The second-order valence-electron chi connectivity index (χ2n) is 7.31. The van der Waals surface area contributed by atoms with E-state index in [2.05, 4.69) is 20.3 Å². The highest BCUT2D eigenvalue weighted by Crippen LogP contribution is 2.24. The summed E-state index contributed by atoms with van der Waals surface area (Å²) in [5.41, 5.74) is 2.68. The van der Waals surface area contributed by atoms with Gasteiger partial charge in [-0.25, -0.2) is 18.4 Å². The molecule has 1 aliphatic heterocycles. The zero-order valence-corrected chi connectivity index (χ0v) is 17.0. The largest absolute Gasteiger partial charge is 0.379 e. The maximum Gasteiger partial charge on any atom is 0.255 e. The van der Waals surface area contributed by atoms with Gasteiger partial charge in [0, 0.05) is 18.4 Å². The number of H-pyrrole nitrogens is 1. The van der Waals surface area contributed by atoms with Gasteiger partial charge >= 0.3 is 0 Å². The zero-order valence-electron chi connectivity index (χ0n) is 16.2. The van der Waals surface area contributed by atoms with Crippen LogP contribution in [0.25, 0.3) is 22.4 Å². The molecule has 0 saturated carbocycles. The van der Waals surface area contributed by atoms with Crippen molar-refractivity contribution in [2.24, 2.45) is 0 Å². The Bertz CT molecular complexity index is 1150. The molecule has 3 heterocycles. The summed E-state index contributed by atoms with van der Waals surface area (Å²) >= 11 is 0. The Morgan fingerprint density at radius 2 is 2.03 bits per heavy atom. The lowest BCUT2D eigenvalue weighted by atomic mass is 10.1. The normalized spacial score (nSPS) is 17.1. The summed E-state index contributed by atoms with van der Waals surface area (Å²) in [6.45, 7) is 4.46. The van der Waals surface area contributed by atoms with Gasteiger partial charge in [-0.05, 0) is 32.4 Å². The van der Waals surface area contributed by atoms with E-state index in [9.17, 15) is 13.2 Å². The van der Waals surface area contributed by atoms with Gasteiger partial charge in [-0.15, -0.1) is 0 Å². The number of aromatic amines is 1. The molecule has 1 saturated heterocycles. The lowest BCUT2D eigenvalue weighted by Gasteiger charge is -2.10. The number of benzene rings is 1. The molecule has 1 atom stereocenters. The number of hydrogen-bond donors (Lipinski definition) is 2. The number of aromatic nitrogens is 3. The molecule has 29 heavy (non-hydrogen) atoms. The molecular weight excluding hydrogens is 392 g/mol. The predicted octanol–water partition coefficient (Wildman–Crippen LogP) is 2.33. The second kappa shape index (κ2) is 7.57. The Labute approximate surface area is 168 Å². The number of carbonyl (C=O) groups excluding carboxylic acids is 1. The fourth-order valence-electron chi connectivity index (χ4n) is 3.20. The fraction of sp³-hybridized carbons (Fsp3) is 0.350. The van der Waals surface area contributed by atoms with Crippen molar-refractivity contribution < 1.29 is 17.9 Å². The van der Waals surface area contributed by atoms with Crippen molar-refractivity contribution in [3.05, 3.63) is 42.2 Å². The van der Waals surface area contributed by atoms with Crippen LogP contribution in [0.5, 0.6) is 0 Å². The highest BCUT2D eigenvalue weighted by Gasteiger charge is 2.22. The molecule has 1 aliphatic rings. The highest BCUT2D eigenvalue weighted by molar-refractivity contribution is 7.92. The molecule has 0 radical (unpaired) electrons. The Morgan fingerprint density at radius 1 is 1.28 bits per heavy atom. The van der Waals surface area contributed by atoms with Crippen molar-refractivity contribution in [3.63, 3.8) is 0 Å². The standard InChI is InChI=1S/C20H22N4O4S/c1-12(2)29(26,27)15-5-3-13(4-6-15)17-10-22-19-18(24-17)16(9-21-19)20(25)23-14-7-8-28-11-14/h3-6,9-10,12,14H,7-8,11H2,1-2H3,(H,21,22)(H,23,25). The summed E-state index contributed by atoms with van der Waals surface area (Å²) in [5.74, 6) is -0.225. The number of ether oxygens (including phenoxy) is 1. The molecule has 9 heteroatoms. The molecule has 8 nitrogen and oxygen atoms in total. The van der Waals surface area contributed by atoms with Crippen molar-refractivity contribution in [1.82, 2.24) is 20.3 Å². The van der Waals surface area contributed by atoms with E-state index in [1.54, 1.807) is 50.5 Å². The summed E-state index contributed by atoms with van der Waals surface area (Å²) < 4.78 is 29.9. The minimum atomic E-state index is -3.34. The molecule has 3 aromatic rings. The molecule has 1 aromatic carbocycles. The minimum Gasteiger partial charge on any atom is -0.379 e. The quantitative estimate of drug-likeness (QED) is 0.662. The average molecular weight is 414 g/mol. The molecule has 4 rings (SSSR count). The van der Waals surface area contributed by atoms with E-state index in [1.807, 2.05) is 0 Å². The number of amides is 1. The molecule has 2 N–H and O–H groups in total. The number of carbonyl (C=O) groups is 1. The maximum atomic E-state index is 12.6. The lowest BCUT2D eigenvalue weighted by molar-refractivity contribution is 0.0931. The monoisotopic (exact) mass is 414 g/mol. The first kappa shape index (κ1) is 19.5. The van der Waals surface area contributed by atoms with Gasteiger partial charge in [0.25, 0.3) is 5.91 Å². The molecule has 1 unspecified atom stereocenters.